The fourth-order valence-electron chi connectivity index (χ4n) is 1.59. The Labute approximate surface area is 132 Å². The maximum atomic E-state index is 12.2. The maximum absolute atomic E-state index is 12.2. The van der Waals surface area contributed by atoms with Gasteiger partial charge in [0.25, 0.3) is 12.1 Å². The van der Waals surface area contributed by atoms with Crippen LogP contribution in [-0.4, -0.2) is 38.6 Å². The Hall–Kier alpha value is -3.62. The van der Waals surface area contributed by atoms with E-state index in [4.69, 9.17) is 10.00 Å². The number of aromatic nitrogens is 4. The molecule has 0 fully saturated rings. The lowest BCUT2D eigenvalue weighted by Crippen LogP contribution is -2.07. The van der Waals surface area contributed by atoms with Gasteiger partial charge in [0.05, 0.1) is 11.0 Å². The number of nitriles is 1. The van der Waals surface area contributed by atoms with Crippen LogP contribution in [0.15, 0.2) is 24.4 Å². The summed E-state index contributed by atoms with van der Waals surface area (Å²) in [4.78, 5) is 10.2. The number of alkyl halides is 2. The van der Waals surface area contributed by atoms with Gasteiger partial charge in [-0.25, -0.2) is 8.78 Å². The number of nitro groups is 1. The van der Waals surface area contributed by atoms with Gasteiger partial charge in [-0.1, -0.05) is 0 Å². The van der Waals surface area contributed by atoms with Crippen LogP contribution in [-0.2, 0) is 0 Å². The summed E-state index contributed by atoms with van der Waals surface area (Å²) in [7, 11) is 0. The van der Waals surface area contributed by atoms with Gasteiger partial charge >= 0.3 is 0 Å². The number of benzene rings is 1. The molecule has 2 rings (SSSR count). The van der Waals surface area contributed by atoms with Crippen molar-refractivity contribution in [3.63, 3.8) is 0 Å². The number of halogens is 2. The number of hydrogen-bond acceptors (Lipinski definition) is 8. The number of H-pyrrole nitrogens is 1. The van der Waals surface area contributed by atoms with Gasteiger partial charge in [0, 0.05) is 24.0 Å². The topological polar surface area (TPSA) is 143 Å². The normalized spacial score (nSPS) is 11.2. The minimum Gasteiger partial charge on any atom is -0.487 e. The zero-order valence-electron chi connectivity index (χ0n) is 11.8. The van der Waals surface area contributed by atoms with E-state index in [1.54, 1.807) is 0 Å². The maximum Gasteiger partial charge on any atom is 0.275 e. The largest absolute Gasteiger partial charge is 0.487 e. The van der Waals surface area contributed by atoms with Crippen LogP contribution in [0.3, 0.4) is 0 Å². The number of hydrogen-bond donors (Lipinski definition) is 2. The van der Waals surface area contributed by atoms with Crippen molar-refractivity contribution in [2.75, 3.05) is 11.9 Å². The molecule has 0 aliphatic carbocycles. The number of tetrazole rings is 1. The molecular formula is C12H9F2N7O3. The quantitative estimate of drug-likeness (QED) is 0.442. The summed E-state index contributed by atoms with van der Waals surface area (Å²) in [5.41, 5.74) is -0.203. The number of allylic oxidation sites excluding steroid dienone is 1. The molecule has 2 aromatic rings. The first-order chi connectivity index (χ1) is 11.5. The Balaban J connectivity index is 2.25. The van der Waals surface area contributed by atoms with E-state index in [0.29, 0.717) is 0 Å². The van der Waals surface area contributed by atoms with Crippen LogP contribution in [0, 0.1) is 21.4 Å². The SMILES string of the molecule is N#CC(=CNc1cc(OCC(F)F)cc([N+](=O)[O-])c1)c1nn[nH]n1. The summed E-state index contributed by atoms with van der Waals surface area (Å²) in [5, 5.41) is 35.3. The van der Waals surface area contributed by atoms with Gasteiger partial charge < -0.3 is 10.1 Å². The lowest BCUT2D eigenvalue weighted by molar-refractivity contribution is -0.384. The van der Waals surface area contributed by atoms with Crippen molar-refractivity contribution in [3.8, 4) is 11.8 Å². The fraction of sp³-hybridized carbons (Fsp3) is 0.167. The van der Waals surface area contributed by atoms with Crippen molar-refractivity contribution in [1.29, 1.82) is 5.26 Å². The molecule has 10 nitrogen and oxygen atoms in total. The number of nitro benzene ring substituents is 1. The van der Waals surface area contributed by atoms with Crippen LogP contribution in [0.25, 0.3) is 5.57 Å². The standard InChI is InChI=1S/C12H9F2N7O3/c13-11(14)6-24-10-2-8(1-9(3-10)21(22)23)16-5-7(4-15)12-17-19-20-18-12/h1-3,5,11,16H,6H2,(H,17,18,19,20). The van der Waals surface area contributed by atoms with Crippen molar-refractivity contribution in [2.45, 2.75) is 6.43 Å². The molecule has 0 saturated carbocycles. The number of anilines is 1. The zero-order chi connectivity index (χ0) is 17.5. The van der Waals surface area contributed by atoms with Gasteiger partial charge in [-0.05, 0) is 5.21 Å². The smallest absolute Gasteiger partial charge is 0.275 e. The average molecular weight is 337 g/mol. The summed E-state index contributed by atoms with van der Waals surface area (Å²) in [6, 6.07) is 5.26. The van der Waals surface area contributed by atoms with Crippen LogP contribution in [0.1, 0.15) is 5.82 Å². The second-order valence-corrected chi connectivity index (χ2v) is 4.22. The Kier molecular flexibility index (Phi) is 5.29. The summed E-state index contributed by atoms with van der Waals surface area (Å²) in [6.45, 7) is -0.900. The van der Waals surface area contributed by atoms with Crippen molar-refractivity contribution in [2.24, 2.45) is 0 Å². The van der Waals surface area contributed by atoms with Crippen molar-refractivity contribution in [1.82, 2.24) is 20.6 Å². The first-order valence-corrected chi connectivity index (χ1v) is 6.30. The van der Waals surface area contributed by atoms with E-state index in [1.165, 1.54) is 12.3 Å². The first-order valence-electron chi connectivity index (χ1n) is 6.30. The van der Waals surface area contributed by atoms with Gasteiger partial charge in [-0.15, -0.1) is 10.2 Å². The molecule has 2 N–H and O–H groups in total. The minimum absolute atomic E-state index is 0.00491. The van der Waals surface area contributed by atoms with Crippen LogP contribution < -0.4 is 10.1 Å². The Morgan fingerprint density at radius 1 is 1.54 bits per heavy atom. The number of nitrogens with one attached hydrogen (secondary N) is 2. The second-order valence-electron chi connectivity index (χ2n) is 4.22. The van der Waals surface area contributed by atoms with Gasteiger partial charge in [-0.3, -0.25) is 10.1 Å². The molecule has 124 valence electrons. The van der Waals surface area contributed by atoms with E-state index in [0.717, 1.165) is 12.1 Å². The minimum atomic E-state index is -2.72. The third-order valence-corrected chi connectivity index (χ3v) is 2.57. The Morgan fingerprint density at radius 2 is 2.33 bits per heavy atom. The Morgan fingerprint density at radius 3 is 2.92 bits per heavy atom. The molecule has 0 unspecified atom stereocenters. The van der Waals surface area contributed by atoms with E-state index in [9.17, 15) is 18.9 Å². The predicted octanol–water partition coefficient (Wildman–Crippen LogP) is 1.73. The number of aromatic amines is 1. The third kappa shape index (κ3) is 4.44. The van der Waals surface area contributed by atoms with Crippen molar-refractivity contribution >= 4 is 16.9 Å². The van der Waals surface area contributed by atoms with E-state index in [1.807, 2.05) is 6.07 Å². The van der Waals surface area contributed by atoms with Crippen LogP contribution in [0.4, 0.5) is 20.2 Å². The molecule has 24 heavy (non-hydrogen) atoms. The van der Waals surface area contributed by atoms with Crippen LogP contribution in [0.5, 0.6) is 5.75 Å². The van der Waals surface area contributed by atoms with Crippen molar-refractivity contribution in [3.05, 3.63) is 40.3 Å². The van der Waals surface area contributed by atoms with Crippen LogP contribution in [0.2, 0.25) is 0 Å². The average Bonchev–Trinajstić information content (AvgIpc) is 3.07. The zero-order valence-corrected chi connectivity index (χ0v) is 11.8. The molecule has 0 bridgehead atoms. The summed E-state index contributed by atoms with van der Waals surface area (Å²) >= 11 is 0. The molecule has 0 atom stereocenters. The molecule has 0 radical (unpaired) electrons. The molecule has 1 aromatic carbocycles. The lowest BCUT2D eigenvalue weighted by atomic mass is 10.2. The van der Waals surface area contributed by atoms with Gasteiger partial charge in [0.2, 0.25) is 5.82 Å². The van der Waals surface area contributed by atoms with E-state index < -0.39 is 18.0 Å². The lowest BCUT2D eigenvalue weighted by Gasteiger charge is -2.08. The summed E-state index contributed by atoms with van der Waals surface area (Å²) in [5.74, 6) is -0.0944. The molecule has 0 saturated heterocycles. The predicted molar refractivity (Wildman–Crippen MR) is 76.0 cm³/mol. The van der Waals surface area contributed by atoms with Crippen LogP contribution >= 0.6 is 0 Å². The molecule has 0 aliphatic rings. The monoisotopic (exact) mass is 337 g/mol. The number of rotatable bonds is 7. The fourth-order valence-corrected chi connectivity index (χ4v) is 1.59. The van der Waals surface area contributed by atoms with Gasteiger partial charge in [0.15, 0.2) is 0 Å². The molecule has 0 aliphatic heterocycles. The Bertz CT molecular complexity index is 786. The molecule has 0 amide bonds. The molecule has 1 aromatic heterocycles. The molecule has 1 heterocycles. The third-order valence-electron chi connectivity index (χ3n) is 2.57. The highest BCUT2D eigenvalue weighted by Gasteiger charge is 2.13. The number of non-ortho nitro benzene ring substituents is 1. The first kappa shape index (κ1) is 16.7. The highest BCUT2D eigenvalue weighted by atomic mass is 19.3. The van der Waals surface area contributed by atoms with E-state index >= 15 is 0 Å². The van der Waals surface area contributed by atoms with Crippen molar-refractivity contribution < 1.29 is 18.4 Å². The molecule has 0 spiro atoms. The molecule has 12 heteroatoms. The highest BCUT2D eigenvalue weighted by Crippen LogP contribution is 2.26. The summed E-state index contributed by atoms with van der Waals surface area (Å²) < 4.78 is 29.2. The molecular weight excluding hydrogens is 328 g/mol. The van der Waals surface area contributed by atoms with E-state index in [2.05, 4.69) is 25.9 Å². The number of nitrogens with zero attached hydrogens (tertiary/aromatic N) is 5. The highest BCUT2D eigenvalue weighted by molar-refractivity contribution is 5.74. The van der Waals surface area contributed by atoms with Gasteiger partial charge in [0.1, 0.15) is 24.0 Å². The second kappa shape index (κ2) is 7.58. The van der Waals surface area contributed by atoms with Gasteiger partial charge in [-0.2, -0.15) is 10.5 Å². The summed E-state index contributed by atoms with van der Waals surface area (Å²) in [6.07, 6.45) is -1.52. The van der Waals surface area contributed by atoms with E-state index in [-0.39, 0.29) is 28.5 Å². The number of ether oxygens (including phenoxy) is 1.